The summed E-state index contributed by atoms with van der Waals surface area (Å²) in [5.74, 6) is 0.322. The summed E-state index contributed by atoms with van der Waals surface area (Å²) in [6, 6.07) is 16.0. The number of sulfonamides is 1. The molecule has 1 aliphatic heterocycles. The maximum Gasteiger partial charge on any atom is 0.263 e. The van der Waals surface area contributed by atoms with Gasteiger partial charge in [0.15, 0.2) is 0 Å². The molecular formula is C19H16BrN5O3S. The van der Waals surface area contributed by atoms with Crippen LogP contribution in [0.15, 0.2) is 75.2 Å². The summed E-state index contributed by atoms with van der Waals surface area (Å²) >= 11 is 3.40. The SMILES string of the molecule is O=C(CN=C1NS(=O)(=O)c2ccccc21)Nc1ccnn1Cc1ccc(Br)cc1. The fourth-order valence-electron chi connectivity index (χ4n) is 2.91. The van der Waals surface area contributed by atoms with Crippen molar-refractivity contribution in [2.45, 2.75) is 11.4 Å². The molecule has 0 aliphatic carbocycles. The Morgan fingerprint density at radius 3 is 2.69 bits per heavy atom. The largest absolute Gasteiger partial charge is 0.309 e. The Bertz CT molecular complexity index is 1200. The second kappa shape index (κ2) is 7.80. The fraction of sp³-hybridized carbons (Fsp3) is 0.105. The van der Waals surface area contributed by atoms with Crippen LogP contribution in [0, 0.1) is 0 Å². The van der Waals surface area contributed by atoms with Gasteiger partial charge in [0.2, 0.25) is 5.91 Å². The molecule has 148 valence electrons. The molecule has 4 rings (SSSR count). The molecule has 29 heavy (non-hydrogen) atoms. The Morgan fingerprint density at radius 2 is 1.90 bits per heavy atom. The highest BCUT2D eigenvalue weighted by Gasteiger charge is 2.30. The van der Waals surface area contributed by atoms with Crippen LogP contribution in [0.25, 0.3) is 0 Å². The number of carbonyl (C=O) groups is 1. The number of rotatable bonds is 5. The first-order valence-corrected chi connectivity index (χ1v) is 10.9. The Balaban J connectivity index is 1.45. The molecule has 2 N–H and O–H groups in total. The number of nitrogens with zero attached hydrogens (tertiary/aromatic N) is 3. The molecular weight excluding hydrogens is 458 g/mol. The molecule has 10 heteroatoms. The third kappa shape index (κ3) is 4.22. The number of benzene rings is 2. The lowest BCUT2D eigenvalue weighted by atomic mass is 10.2. The minimum Gasteiger partial charge on any atom is -0.309 e. The number of hydrogen-bond donors (Lipinski definition) is 2. The predicted molar refractivity (Wildman–Crippen MR) is 112 cm³/mol. The molecule has 0 unspecified atom stereocenters. The van der Waals surface area contributed by atoms with Crippen molar-refractivity contribution in [3.05, 3.63) is 76.4 Å². The maximum absolute atomic E-state index is 12.3. The number of carbonyl (C=O) groups excluding carboxylic acids is 1. The minimum atomic E-state index is -3.63. The molecule has 2 aromatic carbocycles. The van der Waals surface area contributed by atoms with Gasteiger partial charge in [0.1, 0.15) is 18.2 Å². The average molecular weight is 474 g/mol. The van der Waals surface area contributed by atoms with E-state index in [0.29, 0.717) is 17.9 Å². The normalized spacial score (nSPS) is 15.7. The first kappa shape index (κ1) is 19.3. The fourth-order valence-corrected chi connectivity index (χ4v) is 4.43. The average Bonchev–Trinajstić information content (AvgIpc) is 3.24. The van der Waals surface area contributed by atoms with Crippen molar-refractivity contribution >= 4 is 43.5 Å². The number of anilines is 1. The lowest BCUT2D eigenvalue weighted by Gasteiger charge is -2.09. The van der Waals surface area contributed by atoms with Gasteiger partial charge in [-0.1, -0.05) is 40.2 Å². The van der Waals surface area contributed by atoms with Crippen molar-refractivity contribution in [1.82, 2.24) is 14.5 Å². The van der Waals surface area contributed by atoms with Gasteiger partial charge in [-0.15, -0.1) is 0 Å². The maximum atomic E-state index is 12.3. The van der Waals surface area contributed by atoms with Crippen LogP contribution in [-0.2, 0) is 21.4 Å². The predicted octanol–water partition coefficient (Wildman–Crippen LogP) is 2.37. The minimum absolute atomic E-state index is 0.159. The zero-order valence-corrected chi connectivity index (χ0v) is 17.4. The number of amides is 1. The molecule has 0 spiro atoms. The molecule has 0 saturated heterocycles. The number of aromatic nitrogens is 2. The van der Waals surface area contributed by atoms with Crippen molar-refractivity contribution in [2.24, 2.45) is 4.99 Å². The summed E-state index contributed by atoms with van der Waals surface area (Å²) in [7, 11) is -3.63. The van der Waals surface area contributed by atoms with Crippen LogP contribution < -0.4 is 10.0 Å². The van der Waals surface area contributed by atoms with Gasteiger partial charge < -0.3 is 5.32 Å². The van der Waals surface area contributed by atoms with E-state index in [4.69, 9.17) is 0 Å². The van der Waals surface area contributed by atoms with Crippen molar-refractivity contribution in [2.75, 3.05) is 11.9 Å². The lowest BCUT2D eigenvalue weighted by Crippen LogP contribution is -2.25. The third-order valence-corrected chi connectivity index (χ3v) is 6.20. The number of halogens is 1. The number of hydrogen-bond acceptors (Lipinski definition) is 5. The van der Waals surface area contributed by atoms with Gasteiger partial charge in [-0.25, -0.2) is 13.1 Å². The van der Waals surface area contributed by atoms with E-state index in [9.17, 15) is 13.2 Å². The molecule has 1 aromatic heterocycles. The summed E-state index contributed by atoms with van der Waals surface area (Å²) in [6.45, 7) is 0.271. The molecule has 8 nitrogen and oxygen atoms in total. The van der Waals surface area contributed by atoms with Crippen molar-refractivity contribution in [3.63, 3.8) is 0 Å². The number of amidine groups is 1. The van der Waals surface area contributed by atoms with Gasteiger partial charge in [-0.2, -0.15) is 5.10 Å². The van der Waals surface area contributed by atoms with E-state index in [1.165, 1.54) is 6.07 Å². The highest BCUT2D eigenvalue weighted by atomic mass is 79.9. The van der Waals surface area contributed by atoms with E-state index in [2.05, 4.69) is 36.1 Å². The van der Waals surface area contributed by atoms with Gasteiger partial charge in [0.25, 0.3) is 10.0 Å². The summed E-state index contributed by atoms with van der Waals surface area (Å²) in [5.41, 5.74) is 1.49. The van der Waals surface area contributed by atoms with E-state index in [0.717, 1.165) is 10.0 Å². The van der Waals surface area contributed by atoms with Crippen LogP contribution in [0.1, 0.15) is 11.1 Å². The second-order valence-electron chi connectivity index (χ2n) is 6.32. The first-order chi connectivity index (χ1) is 13.9. The van der Waals surface area contributed by atoms with Gasteiger partial charge >= 0.3 is 0 Å². The lowest BCUT2D eigenvalue weighted by molar-refractivity contribution is -0.114. The van der Waals surface area contributed by atoms with E-state index in [1.807, 2.05) is 24.3 Å². The topological polar surface area (TPSA) is 105 Å². The quantitative estimate of drug-likeness (QED) is 0.593. The standard InChI is InChI=1S/C19H16BrN5O3S/c20-14-7-5-13(6-8-14)12-25-17(9-10-22-25)23-18(26)11-21-19-15-3-1-2-4-16(15)29(27,28)24-19/h1-10H,11-12H2,(H,21,24)(H,23,26). The van der Waals surface area contributed by atoms with Crippen molar-refractivity contribution in [3.8, 4) is 0 Å². The smallest absolute Gasteiger partial charge is 0.263 e. The number of aliphatic imine (C=N–C) groups is 1. The summed E-state index contributed by atoms with van der Waals surface area (Å²) in [5, 5.41) is 6.99. The Kier molecular flexibility index (Phi) is 5.20. The molecule has 1 amide bonds. The molecule has 0 radical (unpaired) electrons. The van der Waals surface area contributed by atoms with E-state index in [-0.39, 0.29) is 23.2 Å². The van der Waals surface area contributed by atoms with Gasteiger partial charge in [0.05, 0.1) is 17.6 Å². The highest BCUT2D eigenvalue weighted by Crippen LogP contribution is 2.22. The second-order valence-corrected chi connectivity index (χ2v) is 8.88. The molecule has 0 fully saturated rings. The van der Waals surface area contributed by atoms with Gasteiger partial charge in [-0.3, -0.25) is 14.5 Å². The molecule has 3 aromatic rings. The van der Waals surface area contributed by atoms with Crippen LogP contribution >= 0.6 is 15.9 Å². The van der Waals surface area contributed by atoms with Crippen LogP contribution in [0.3, 0.4) is 0 Å². The highest BCUT2D eigenvalue weighted by molar-refractivity contribution is 9.10. The first-order valence-electron chi connectivity index (χ1n) is 8.65. The monoisotopic (exact) mass is 473 g/mol. The zero-order valence-electron chi connectivity index (χ0n) is 15.0. The molecule has 0 atom stereocenters. The van der Waals surface area contributed by atoms with Crippen molar-refractivity contribution < 1.29 is 13.2 Å². The Labute approximate surface area is 175 Å². The van der Waals surface area contributed by atoms with E-state index in [1.54, 1.807) is 35.1 Å². The third-order valence-electron chi connectivity index (χ3n) is 4.27. The van der Waals surface area contributed by atoms with Crippen LogP contribution in [-0.4, -0.2) is 36.5 Å². The van der Waals surface area contributed by atoms with Crippen molar-refractivity contribution in [1.29, 1.82) is 0 Å². The number of nitrogens with one attached hydrogen (secondary N) is 2. The Hall–Kier alpha value is -2.98. The van der Waals surface area contributed by atoms with E-state index >= 15 is 0 Å². The molecule has 1 aliphatic rings. The van der Waals surface area contributed by atoms with Crippen LogP contribution in [0.5, 0.6) is 0 Å². The van der Waals surface area contributed by atoms with Crippen LogP contribution in [0.4, 0.5) is 5.82 Å². The number of fused-ring (bicyclic) bond motifs is 1. The van der Waals surface area contributed by atoms with Crippen LogP contribution in [0.2, 0.25) is 0 Å². The van der Waals surface area contributed by atoms with Gasteiger partial charge in [-0.05, 0) is 29.8 Å². The van der Waals surface area contributed by atoms with E-state index < -0.39 is 10.0 Å². The summed E-state index contributed by atoms with van der Waals surface area (Å²) < 4.78 is 29.2. The molecule has 2 heterocycles. The molecule has 0 bridgehead atoms. The summed E-state index contributed by atoms with van der Waals surface area (Å²) in [4.78, 5) is 16.6. The summed E-state index contributed by atoms with van der Waals surface area (Å²) in [6.07, 6.45) is 1.60. The zero-order chi connectivity index (χ0) is 20.4. The molecule has 0 saturated carbocycles. The Morgan fingerprint density at radius 1 is 1.14 bits per heavy atom. The van der Waals surface area contributed by atoms with Gasteiger partial charge in [0, 0.05) is 16.1 Å².